The van der Waals surface area contributed by atoms with Crippen LogP contribution in [0.2, 0.25) is 5.02 Å². The molecule has 1 aliphatic heterocycles. The molecule has 0 atom stereocenters. The van der Waals surface area contributed by atoms with Crippen molar-refractivity contribution in [2.24, 2.45) is 0 Å². The highest BCUT2D eigenvalue weighted by molar-refractivity contribution is 6.30. The largest absolute Gasteiger partial charge is 0.465 e. The number of benzene rings is 1. The molecule has 19 heavy (non-hydrogen) atoms. The maximum atomic E-state index is 11.7. The lowest BCUT2D eigenvalue weighted by Gasteiger charge is -2.00. The molecule has 4 heteroatoms. The van der Waals surface area contributed by atoms with Gasteiger partial charge in [-0.05, 0) is 48.6 Å². The van der Waals surface area contributed by atoms with Crippen molar-refractivity contribution in [3.8, 4) is 0 Å². The van der Waals surface area contributed by atoms with Gasteiger partial charge in [-0.25, -0.2) is 4.79 Å². The number of esters is 1. The van der Waals surface area contributed by atoms with Crippen LogP contribution < -0.4 is 0 Å². The smallest absolute Gasteiger partial charge is 0.343 e. The van der Waals surface area contributed by atoms with Gasteiger partial charge in [-0.3, -0.25) is 0 Å². The van der Waals surface area contributed by atoms with E-state index < -0.39 is 0 Å². The zero-order valence-electron chi connectivity index (χ0n) is 9.80. The molecule has 3 rings (SSSR count). The Labute approximate surface area is 114 Å². The van der Waals surface area contributed by atoms with Gasteiger partial charge in [-0.1, -0.05) is 11.6 Å². The highest BCUT2D eigenvalue weighted by atomic mass is 35.5. The highest BCUT2D eigenvalue weighted by Gasteiger charge is 2.22. The van der Waals surface area contributed by atoms with Gasteiger partial charge in [0.25, 0.3) is 0 Å². The van der Waals surface area contributed by atoms with Gasteiger partial charge in [0.05, 0.1) is 11.8 Å². The van der Waals surface area contributed by atoms with Crippen LogP contribution in [0.15, 0.2) is 58.7 Å². The van der Waals surface area contributed by atoms with E-state index in [1.807, 2.05) is 0 Å². The number of furan rings is 1. The van der Waals surface area contributed by atoms with Gasteiger partial charge in [0, 0.05) is 10.6 Å². The summed E-state index contributed by atoms with van der Waals surface area (Å²) in [6.45, 7) is 0. The van der Waals surface area contributed by atoms with Gasteiger partial charge < -0.3 is 9.15 Å². The third-order valence-corrected chi connectivity index (χ3v) is 2.95. The van der Waals surface area contributed by atoms with E-state index >= 15 is 0 Å². The van der Waals surface area contributed by atoms with Crippen molar-refractivity contribution in [1.82, 2.24) is 0 Å². The zero-order chi connectivity index (χ0) is 13.2. The molecule has 0 unspecified atom stereocenters. The number of halogens is 1. The molecule has 0 fully saturated rings. The lowest BCUT2D eigenvalue weighted by atomic mass is 10.1. The van der Waals surface area contributed by atoms with Crippen molar-refractivity contribution in [2.75, 3.05) is 0 Å². The Morgan fingerprint density at radius 1 is 1.11 bits per heavy atom. The van der Waals surface area contributed by atoms with E-state index in [0.717, 1.165) is 5.56 Å². The normalized spacial score (nSPS) is 16.6. The van der Waals surface area contributed by atoms with E-state index in [4.69, 9.17) is 20.8 Å². The van der Waals surface area contributed by atoms with Crippen LogP contribution in [0.25, 0.3) is 11.8 Å². The third-order valence-electron chi connectivity index (χ3n) is 2.69. The second-order valence-corrected chi connectivity index (χ2v) is 4.46. The molecular weight excluding hydrogens is 264 g/mol. The molecule has 0 saturated heterocycles. The number of carbonyl (C=O) groups excluding carboxylic acids is 1. The van der Waals surface area contributed by atoms with Crippen LogP contribution in [0.4, 0.5) is 0 Å². The van der Waals surface area contributed by atoms with Crippen molar-refractivity contribution in [3.63, 3.8) is 0 Å². The van der Waals surface area contributed by atoms with Crippen LogP contribution in [0.1, 0.15) is 11.3 Å². The number of hydrogen-bond donors (Lipinski definition) is 0. The van der Waals surface area contributed by atoms with Crippen LogP contribution in [-0.4, -0.2) is 5.97 Å². The Hall–Kier alpha value is -2.26. The van der Waals surface area contributed by atoms with Gasteiger partial charge in [0.1, 0.15) is 11.5 Å². The van der Waals surface area contributed by atoms with E-state index in [0.29, 0.717) is 22.1 Å². The summed E-state index contributed by atoms with van der Waals surface area (Å²) in [7, 11) is 0. The fourth-order valence-corrected chi connectivity index (χ4v) is 1.90. The first-order chi connectivity index (χ1) is 9.22. The van der Waals surface area contributed by atoms with Crippen molar-refractivity contribution < 1.29 is 13.9 Å². The van der Waals surface area contributed by atoms with Crippen LogP contribution >= 0.6 is 11.6 Å². The van der Waals surface area contributed by atoms with E-state index in [-0.39, 0.29) is 5.97 Å². The molecule has 3 nitrogen and oxygen atoms in total. The van der Waals surface area contributed by atoms with Crippen molar-refractivity contribution in [2.45, 2.75) is 0 Å². The van der Waals surface area contributed by atoms with Crippen LogP contribution in [0, 0.1) is 0 Å². The quantitative estimate of drug-likeness (QED) is 0.614. The first-order valence-electron chi connectivity index (χ1n) is 5.67. The predicted octanol–water partition coefficient (Wildman–Crippen LogP) is 3.91. The van der Waals surface area contributed by atoms with Crippen molar-refractivity contribution in [1.29, 1.82) is 0 Å². The first kappa shape index (κ1) is 11.8. The molecule has 1 aromatic carbocycles. The Kier molecular flexibility index (Phi) is 2.97. The predicted molar refractivity (Wildman–Crippen MR) is 72.2 cm³/mol. The molecule has 1 aliphatic rings. The van der Waals surface area contributed by atoms with Gasteiger partial charge in [-0.15, -0.1) is 0 Å². The molecule has 0 amide bonds. The molecule has 1 aromatic heterocycles. The Bertz CT molecular complexity index is 664. The van der Waals surface area contributed by atoms with E-state index in [9.17, 15) is 4.79 Å². The molecule has 0 N–H and O–H groups in total. The average molecular weight is 273 g/mol. The first-order valence-corrected chi connectivity index (χ1v) is 6.05. The summed E-state index contributed by atoms with van der Waals surface area (Å²) in [5.41, 5.74) is 1.26. The summed E-state index contributed by atoms with van der Waals surface area (Å²) >= 11 is 5.82. The minimum atomic E-state index is -0.388. The minimum Gasteiger partial charge on any atom is -0.465 e. The monoisotopic (exact) mass is 272 g/mol. The standard InChI is InChI=1S/C15H9ClO3/c16-12-5-3-10(4-6-12)14-9-11(15(17)19-14)8-13-2-1-7-18-13/h1-9H. The van der Waals surface area contributed by atoms with Crippen LogP contribution in [0.5, 0.6) is 0 Å². The number of ether oxygens (including phenoxy) is 1. The zero-order valence-corrected chi connectivity index (χ0v) is 10.6. The lowest BCUT2D eigenvalue weighted by Crippen LogP contribution is -1.96. The number of rotatable bonds is 2. The summed E-state index contributed by atoms with van der Waals surface area (Å²) in [6, 6.07) is 10.6. The molecule has 0 aliphatic carbocycles. The van der Waals surface area contributed by atoms with Gasteiger partial charge >= 0.3 is 5.97 Å². The molecular formula is C15H9ClO3. The van der Waals surface area contributed by atoms with Crippen molar-refractivity contribution >= 4 is 29.4 Å². The van der Waals surface area contributed by atoms with E-state index in [1.165, 1.54) is 0 Å². The van der Waals surface area contributed by atoms with E-state index in [1.54, 1.807) is 54.8 Å². The minimum absolute atomic E-state index is 0.388. The number of hydrogen-bond acceptors (Lipinski definition) is 3. The Morgan fingerprint density at radius 3 is 2.58 bits per heavy atom. The lowest BCUT2D eigenvalue weighted by molar-refractivity contribution is -0.130. The molecule has 0 saturated carbocycles. The fourth-order valence-electron chi connectivity index (χ4n) is 1.77. The van der Waals surface area contributed by atoms with Gasteiger partial charge in [-0.2, -0.15) is 0 Å². The average Bonchev–Trinajstić information content (AvgIpc) is 3.02. The highest BCUT2D eigenvalue weighted by Crippen LogP contribution is 2.28. The maximum Gasteiger partial charge on any atom is 0.343 e. The third kappa shape index (κ3) is 2.46. The molecule has 0 bridgehead atoms. The number of cyclic esters (lactones) is 1. The summed E-state index contributed by atoms with van der Waals surface area (Å²) in [4.78, 5) is 11.7. The number of carbonyl (C=O) groups is 1. The summed E-state index contributed by atoms with van der Waals surface area (Å²) in [5, 5.41) is 0.639. The van der Waals surface area contributed by atoms with Crippen molar-refractivity contribution in [3.05, 3.63) is 70.7 Å². The topological polar surface area (TPSA) is 39.4 Å². The molecule has 94 valence electrons. The maximum absolute atomic E-state index is 11.7. The molecule has 0 spiro atoms. The molecule has 0 radical (unpaired) electrons. The second kappa shape index (κ2) is 4.78. The van der Waals surface area contributed by atoms with E-state index in [2.05, 4.69) is 0 Å². The SMILES string of the molecule is O=C1OC(c2ccc(Cl)cc2)=CC1=Cc1ccco1. The Morgan fingerprint density at radius 2 is 1.89 bits per heavy atom. The Balaban J connectivity index is 1.93. The van der Waals surface area contributed by atoms with Gasteiger partial charge in [0.15, 0.2) is 0 Å². The summed E-state index contributed by atoms with van der Waals surface area (Å²) < 4.78 is 10.4. The second-order valence-electron chi connectivity index (χ2n) is 4.02. The molecule has 2 heterocycles. The van der Waals surface area contributed by atoms with Crippen LogP contribution in [-0.2, 0) is 9.53 Å². The molecule has 2 aromatic rings. The summed E-state index contributed by atoms with van der Waals surface area (Å²) in [6.07, 6.45) is 4.88. The fraction of sp³-hybridized carbons (Fsp3) is 0. The van der Waals surface area contributed by atoms with Crippen LogP contribution in [0.3, 0.4) is 0 Å². The summed E-state index contributed by atoms with van der Waals surface area (Å²) in [5.74, 6) is 0.737. The van der Waals surface area contributed by atoms with Gasteiger partial charge in [0.2, 0.25) is 0 Å².